The largest absolute Gasteiger partial charge is 0.348 e. The molecule has 0 bridgehead atoms. The van der Waals surface area contributed by atoms with Gasteiger partial charge in [-0.05, 0) is 48.1 Å². The molecular weight excluding hydrogens is 456 g/mol. The van der Waals surface area contributed by atoms with E-state index in [1.807, 2.05) is 24.3 Å². The van der Waals surface area contributed by atoms with Gasteiger partial charge in [0, 0.05) is 0 Å². The lowest BCUT2D eigenvalue weighted by Gasteiger charge is -2.28. The van der Waals surface area contributed by atoms with Crippen LogP contribution in [0.2, 0.25) is 0 Å². The molecule has 1 aliphatic carbocycles. The summed E-state index contributed by atoms with van der Waals surface area (Å²) in [5.74, 6) is -0.393. The highest BCUT2D eigenvalue weighted by Crippen LogP contribution is 2.30. The van der Waals surface area contributed by atoms with Gasteiger partial charge in [0.25, 0.3) is 0 Å². The summed E-state index contributed by atoms with van der Waals surface area (Å²) in [5.41, 5.74) is 3.66. The Bertz CT molecular complexity index is 1400. The lowest BCUT2D eigenvalue weighted by molar-refractivity contribution is -0.123. The fraction of sp³-hybridized carbons (Fsp3) is 0.208. The third kappa shape index (κ3) is 4.39. The van der Waals surface area contributed by atoms with Crippen molar-refractivity contribution in [3.63, 3.8) is 0 Å². The molecule has 2 N–H and O–H groups in total. The molecule has 1 aromatic heterocycles. The predicted molar refractivity (Wildman–Crippen MR) is 127 cm³/mol. The van der Waals surface area contributed by atoms with Crippen LogP contribution >= 0.6 is 11.7 Å². The van der Waals surface area contributed by atoms with Gasteiger partial charge in [-0.3, -0.25) is 4.79 Å². The number of aryl methyl sites for hydroxylation is 1. The Kier molecular flexibility index (Phi) is 5.92. The van der Waals surface area contributed by atoms with Gasteiger partial charge >= 0.3 is 0 Å². The van der Waals surface area contributed by atoms with Gasteiger partial charge in [0.2, 0.25) is 15.9 Å². The Hall–Kier alpha value is -3.14. The topological polar surface area (TPSA) is 101 Å². The van der Waals surface area contributed by atoms with E-state index in [9.17, 15) is 13.2 Å². The van der Waals surface area contributed by atoms with Crippen molar-refractivity contribution in [3.8, 4) is 0 Å². The number of amides is 1. The number of nitrogens with one attached hydrogen (secondary N) is 2. The first-order valence-corrected chi connectivity index (χ1v) is 12.9. The van der Waals surface area contributed by atoms with E-state index in [0.29, 0.717) is 16.6 Å². The third-order valence-electron chi connectivity index (χ3n) is 5.89. The van der Waals surface area contributed by atoms with E-state index in [4.69, 9.17) is 0 Å². The molecule has 0 spiro atoms. The first-order valence-electron chi connectivity index (χ1n) is 10.7. The van der Waals surface area contributed by atoms with Crippen LogP contribution < -0.4 is 10.0 Å². The van der Waals surface area contributed by atoms with Crippen molar-refractivity contribution in [2.24, 2.45) is 0 Å². The van der Waals surface area contributed by atoms with E-state index in [-0.39, 0.29) is 10.9 Å². The summed E-state index contributed by atoms with van der Waals surface area (Å²) in [6.45, 7) is 0. The summed E-state index contributed by atoms with van der Waals surface area (Å²) >= 11 is 0.950. The number of carbonyl (C=O) groups is 1. The molecule has 3 aromatic carbocycles. The Morgan fingerprint density at radius 1 is 0.970 bits per heavy atom. The van der Waals surface area contributed by atoms with Crippen LogP contribution in [0.4, 0.5) is 0 Å². The molecule has 0 radical (unpaired) electrons. The lowest BCUT2D eigenvalue weighted by Crippen LogP contribution is -2.42. The normalized spacial score (nSPS) is 16.8. The molecule has 9 heteroatoms. The first kappa shape index (κ1) is 21.7. The minimum absolute atomic E-state index is 0.00509. The highest BCUT2D eigenvalue weighted by atomic mass is 32.2. The molecule has 0 saturated heterocycles. The number of carbonyl (C=O) groups excluding carboxylic acids is 1. The SMILES string of the molecule is O=C(N[C@H]1CCCc2ccccc21)[C@@H](NS(=O)(=O)c1cccc2nsnc12)c1ccccc1. The summed E-state index contributed by atoms with van der Waals surface area (Å²) in [4.78, 5) is 13.5. The van der Waals surface area contributed by atoms with Gasteiger partial charge < -0.3 is 5.32 Å². The van der Waals surface area contributed by atoms with E-state index >= 15 is 0 Å². The maximum atomic E-state index is 13.5. The van der Waals surface area contributed by atoms with Crippen molar-refractivity contribution >= 4 is 38.7 Å². The minimum Gasteiger partial charge on any atom is -0.348 e. The van der Waals surface area contributed by atoms with E-state index < -0.39 is 22.0 Å². The van der Waals surface area contributed by atoms with Gasteiger partial charge in [-0.1, -0.05) is 60.7 Å². The Labute approximate surface area is 196 Å². The van der Waals surface area contributed by atoms with E-state index in [1.165, 1.54) is 11.6 Å². The zero-order valence-corrected chi connectivity index (χ0v) is 19.3. The van der Waals surface area contributed by atoms with Crippen molar-refractivity contribution in [2.45, 2.75) is 36.2 Å². The standard InChI is InChI=1S/C24H22N4O3S2/c29-24(25-19-13-6-11-16-8-4-5-12-18(16)19)22(17-9-2-1-3-10-17)28-33(30,31)21-15-7-14-20-23(21)27-32-26-20/h1-5,7-10,12,14-15,19,22,28H,6,11,13H2,(H,25,29)/t19-,22-/m0/s1. The first-order chi connectivity index (χ1) is 16.0. The molecule has 168 valence electrons. The number of hydrogen-bond donors (Lipinski definition) is 2. The van der Waals surface area contributed by atoms with E-state index in [2.05, 4.69) is 24.9 Å². The van der Waals surface area contributed by atoms with Gasteiger partial charge in [0.15, 0.2) is 0 Å². The fourth-order valence-electron chi connectivity index (χ4n) is 4.29. The van der Waals surface area contributed by atoms with Gasteiger partial charge in [-0.15, -0.1) is 0 Å². The molecule has 1 heterocycles. The van der Waals surface area contributed by atoms with Crippen LogP contribution in [0.3, 0.4) is 0 Å². The summed E-state index contributed by atoms with van der Waals surface area (Å²) in [7, 11) is -4.06. The average molecular weight is 479 g/mol. The number of rotatable bonds is 6. The monoisotopic (exact) mass is 478 g/mol. The Morgan fingerprint density at radius 3 is 2.61 bits per heavy atom. The van der Waals surface area contributed by atoms with Crippen LogP contribution in [-0.2, 0) is 21.2 Å². The van der Waals surface area contributed by atoms with Crippen LogP contribution in [-0.4, -0.2) is 23.1 Å². The van der Waals surface area contributed by atoms with Crippen LogP contribution in [0.5, 0.6) is 0 Å². The summed E-state index contributed by atoms with van der Waals surface area (Å²) < 4.78 is 37.6. The van der Waals surface area contributed by atoms with E-state index in [0.717, 1.165) is 36.6 Å². The van der Waals surface area contributed by atoms with Crippen LogP contribution in [0, 0.1) is 0 Å². The van der Waals surface area contributed by atoms with Crippen molar-refractivity contribution in [1.29, 1.82) is 0 Å². The number of hydrogen-bond acceptors (Lipinski definition) is 6. The molecule has 7 nitrogen and oxygen atoms in total. The highest BCUT2D eigenvalue weighted by molar-refractivity contribution is 7.89. The summed E-state index contributed by atoms with van der Waals surface area (Å²) in [5, 5.41) is 3.09. The van der Waals surface area contributed by atoms with Gasteiger partial charge in [0.1, 0.15) is 22.0 Å². The molecule has 0 fully saturated rings. The molecular formula is C24H22N4O3S2. The molecule has 1 amide bonds. The van der Waals surface area contributed by atoms with Crippen LogP contribution in [0.15, 0.2) is 77.7 Å². The Morgan fingerprint density at radius 2 is 1.76 bits per heavy atom. The zero-order valence-electron chi connectivity index (χ0n) is 17.6. The second kappa shape index (κ2) is 9.01. The second-order valence-corrected chi connectivity index (χ2v) is 10.2. The number of fused-ring (bicyclic) bond motifs is 2. The fourth-order valence-corrected chi connectivity index (χ4v) is 6.24. The van der Waals surface area contributed by atoms with Crippen molar-refractivity contribution in [2.75, 3.05) is 0 Å². The van der Waals surface area contributed by atoms with Crippen molar-refractivity contribution in [1.82, 2.24) is 18.8 Å². The van der Waals surface area contributed by atoms with Crippen LogP contribution in [0.25, 0.3) is 11.0 Å². The number of aromatic nitrogens is 2. The molecule has 0 aliphatic heterocycles. The average Bonchev–Trinajstić information content (AvgIpc) is 3.32. The van der Waals surface area contributed by atoms with E-state index in [1.54, 1.807) is 36.4 Å². The predicted octanol–water partition coefficient (Wildman–Crippen LogP) is 3.90. The molecule has 0 saturated carbocycles. The maximum absolute atomic E-state index is 13.5. The van der Waals surface area contributed by atoms with Crippen molar-refractivity contribution < 1.29 is 13.2 Å². The zero-order chi connectivity index (χ0) is 22.8. The molecule has 33 heavy (non-hydrogen) atoms. The van der Waals surface area contributed by atoms with Crippen molar-refractivity contribution in [3.05, 3.63) is 89.5 Å². The van der Waals surface area contributed by atoms with Gasteiger partial charge in [0.05, 0.1) is 17.8 Å². The number of nitrogens with zero attached hydrogens (tertiary/aromatic N) is 2. The summed E-state index contributed by atoms with van der Waals surface area (Å²) in [6.07, 6.45) is 2.74. The minimum atomic E-state index is -4.06. The summed E-state index contributed by atoms with van der Waals surface area (Å²) in [6, 6.07) is 20.5. The smallest absolute Gasteiger partial charge is 0.243 e. The van der Waals surface area contributed by atoms with Gasteiger partial charge in [-0.2, -0.15) is 13.5 Å². The number of sulfonamides is 1. The Balaban J connectivity index is 1.47. The molecule has 2 atom stereocenters. The molecule has 0 unspecified atom stereocenters. The van der Waals surface area contributed by atoms with Gasteiger partial charge in [-0.25, -0.2) is 8.42 Å². The quantitative estimate of drug-likeness (QED) is 0.438. The number of benzene rings is 3. The van der Waals surface area contributed by atoms with Crippen LogP contribution in [0.1, 0.15) is 41.6 Å². The second-order valence-electron chi connectivity index (χ2n) is 8.01. The maximum Gasteiger partial charge on any atom is 0.243 e. The molecule has 1 aliphatic rings. The molecule has 5 rings (SSSR count). The third-order valence-corrected chi connectivity index (χ3v) is 7.89. The molecule has 4 aromatic rings. The highest BCUT2D eigenvalue weighted by Gasteiger charge is 2.31. The lowest BCUT2D eigenvalue weighted by atomic mass is 9.87.